The minimum absolute atomic E-state index is 0.00551. The Bertz CT molecular complexity index is 672. The lowest BCUT2D eigenvalue weighted by Gasteiger charge is -2.17. The zero-order valence-electron chi connectivity index (χ0n) is 12.3. The molecule has 1 saturated heterocycles. The summed E-state index contributed by atoms with van der Waals surface area (Å²) < 4.78 is 26.6. The minimum Gasteiger partial charge on any atom is -0.316 e. The summed E-state index contributed by atoms with van der Waals surface area (Å²) in [5.74, 6) is 0. The van der Waals surface area contributed by atoms with Crippen LogP contribution in [0.2, 0.25) is 0 Å². The van der Waals surface area contributed by atoms with E-state index in [1.54, 1.807) is 20.9 Å². The molecule has 21 heavy (non-hydrogen) atoms. The van der Waals surface area contributed by atoms with Crippen molar-refractivity contribution in [2.24, 2.45) is 0 Å². The second-order valence-electron chi connectivity index (χ2n) is 5.28. The third-order valence-electron chi connectivity index (χ3n) is 4.01. The van der Waals surface area contributed by atoms with Crippen molar-refractivity contribution in [3.05, 3.63) is 33.4 Å². The van der Waals surface area contributed by atoms with Crippen molar-refractivity contribution in [1.29, 1.82) is 0 Å². The fourth-order valence-corrected chi connectivity index (χ4v) is 4.08. The first kappa shape index (κ1) is 15.9. The van der Waals surface area contributed by atoms with Gasteiger partial charge < -0.3 is 5.32 Å². The SMILES string of the molecule is CNC1CCN(S(=O)(=O)c2cc(C)c(C)c([N+](=O)[O-])c2)C1. The molecule has 1 fully saturated rings. The summed E-state index contributed by atoms with van der Waals surface area (Å²) >= 11 is 0. The molecule has 116 valence electrons. The molecule has 0 spiro atoms. The van der Waals surface area contributed by atoms with Crippen LogP contribution in [0.3, 0.4) is 0 Å². The molecule has 0 amide bonds. The first-order valence-electron chi connectivity index (χ1n) is 6.70. The summed E-state index contributed by atoms with van der Waals surface area (Å²) in [6.45, 7) is 4.12. The van der Waals surface area contributed by atoms with Crippen LogP contribution in [0.25, 0.3) is 0 Å². The zero-order valence-corrected chi connectivity index (χ0v) is 13.1. The van der Waals surface area contributed by atoms with Crippen molar-refractivity contribution in [1.82, 2.24) is 9.62 Å². The minimum atomic E-state index is -3.69. The van der Waals surface area contributed by atoms with Crippen molar-refractivity contribution in [2.75, 3.05) is 20.1 Å². The van der Waals surface area contributed by atoms with Crippen LogP contribution in [0.15, 0.2) is 17.0 Å². The van der Waals surface area contributed by atoms with Gasteiger partial charge in [0.1, 0.15) is 0 Å². The van der Waals surface area contributed by atoms with Crippen molar-refractivity contribution in [3.8, 4) is 0 Å². The van der Waals surface area contributed by atoms with E-state index in [1.807, 2.05) is 0 Å². The average Bonchev–Trinajstić information content (AvgIpc) is 2.90. The Morgan fingerprint density at radius 2 is 2.05 bits per heavy atom. The number of hydrogen-bond donors (Lipinski definition) is 1. The molecule has 1 aliphatic heterocycles. The molecule has 1 unspecified atom stereocenters. The van der Waals surface area contributed by atoms with Crippen molar-refractivity contribution >= 4 is 15.7 Å². The van der Waals surface area contributed by atoms with Crippen LogP contribution in [0.4, 0.5) is 5.69 Å². The maximum Gasteiger partial charge on any atom is 0.273 e. The molecule has 0 radical (unpaired) electrons. The van der Waals surface area contributed by atoms with E-state index in [4.69, 9.17) is 0 Å². The number of nitro benzene ring substituents is 1. The molecule has 1 aromatic rings. The first-order valence-corrected chi connectivity index (χ1v) is 8.14. The lowest BCUT2D eigenvalue weighted by Crippen LogP contribution is -2.33. The van der Waals surface area contributed by atoms with Gasteiger partial charge in [-0.2, -0.15) is 4.31 Å². The standard InChI is InChI=1S/C13H19N3O4S/c1-9-6-12(7-13(10(9)2)16(17)18)21(19,20)15-5-4-11(8-15)14-3/h6-7,11,14H,4-5,8H2,1-3H3. The van der Waals surface area contributed by atoms with Crippen LogP contribution in [-0.4, -0.2) is 43.8 Å². The van der Waals surface area contributed by atoms with Gasteiger partial charge in [0.25, 0.3) is 5.69 Å². The Balaban J connectivity index is 2.44. The molecule has 0 aliphatic carbocycles. The van der Waals surface area contributed by atoms with Gasteiger partial charge in [-0.05, 0) is 38.9 Å². The van der Waals surface area contributed by atoms with E-state index in [0.717, 1.165) is 12.5 Å². The summed E-state index contributed by atoms with van der Waals surface area (Å²) in [4.78, 5) is 10.5. The molecule has 8 heteroatoms. The van der Waals surface area contributed by atoms with Gasteiger partial charge >= 0.3 is 0 Å². The predicted molar refractivity (Wildman–Crippen MR) is 78.8 cm³/mol. The fourth-order valence-electron chi connectivity index (χ4n) is 2.48. The first-order chi connectivity index (χ1) is 9.77. The Morgan fingerprint density at radius 1 is 1.38 bits per heavy atom. The molecule has 1 atom stereocenters. The molecule has 7 nitrogen and oxygen atoms in total. The van der Waals surface area contributed by atoms with Crippen LogP contribution < -0.4 is 5.32 Å². The quantitative estimate of drug-likeness (QED) is 0.666. The number of sulfonamides is 1. The highest BCUT2D eigenvalue weighted by molar-refractivity contribution is 7.89. The smallest absolute Gasteiger partial charge is 0.273 e. The van der Waals surface area contributed by atoms with Gasteiger partial charge in [-0.25, -0.2) is 8.42 Å². The summed E-state index contributed by atoms with van der Waals surface area (Å²) in [6, 6.07) is 2.79. The van der Waals surface area contributed by atoms with E-state index < -0.39 is 14.9 Å². The second kappa shape index (κ2) is 5.70. The normalized spacial score (nSPS) is 19.9. The van der Waals surface area contributed by atoms with Crippen LogP contribution in [-0.2, 0) is 10.0 Å². The van der Waals surface area contributed by atoms with E-state index in [9.17, 15) is 18.5 Å². The molecule has 1 N–H and O–H groups in total. The molecule has 1 heterocycles. The Kier molecular flexibility index (Phi) is 4.31. The van der Waals surface area contributed by atoms with Gasteiger partial charge in [-0.15, -0.1) is 0 Å². The molecule has 1 aliphatic rings. The van der Waals surface area contributed by atoms with Gasteiger partial charge in [0.15, 0.2) is 0 Å². The van der Waals surface area contributed by atoms with Crippen molar-refractivity contribution in [2.45, 2.75) is 31.2 Å². The van der Waals surface area contributed by atoms with E-state index in [2.05, 4.69) is 5.32 Å². The lowest BCUT2D eigenvalue weighted by atomic mass is 10.1. The Hall–Kier alpha value is -1.51. The molecule has 2 rings (SSSR count). The summed E-state index contributed by atoms with van der Waals surface area (Å²) in [7, 11) is -1.89. The van der Waals surface area contributed by atoms with Crippen LogP contribution >= 0.6 is 0 Å². The van der Waals surface area contributed by atoms with Crippen LogP contribution in [0.5, 0.6) is 0 Å². The van der Waals surface area contributed by atoms with Crippen LogP contribution in [0.1, 0.15) is 17.5 Å². The van der Waals surface area contributed by atoms with Crippen molar-refractivity contribution < 1.29 is 13.3 Å². The van der Waals surface area contributed by atoms with Crippen LogP contribution in [0, 0.1) is 24.0 Å². The summed E-state index contributed by atoms with van der Waals surface area (Å²) in [5.41, 5.74) is 0.943. The number of nitro groups is 1. The van der Waals surface area contributed by atoms with Gasteiger partial charge in [0.2, 0.25) is 10.0 Å². The lowest BCUT2D eigenvalue weighted by molar-refractivity contribution is -0.385. The molecule has 0 aromatic heterocycles. The Morgan fingerprint density at radius 3 is 2.57 bits per heavy atom. The summed E-state index contributed by atoms with van der Waals surface area (Å²) in [6.07, 6.45) is 0.739. The number of aryl methyl sites for hydroxylation is 1. The monoisotopic (exact) mass is 313 g/mol. The number of likely N-dealkylation sites (N-methyl/N-ethyl adjacent to an activating group) is 1. The topological polar surface area (TPSA) is 92.6 Å². The largest absolute Gasteiger partial charge is 0.316 e. The molecule has 0 bridgehead atoms. The van der Waals surface area contributed by atoms with E-state index >= 15 is 0 Å². The van der Waals surface area contributed by atoms with Gasteiger partial charge in [0.05, 0.1) is 9.82 Å². The highest BCUT2D eigenvalue weighted by atomic mass is 32.2. The molecule has 1 aromatic carbocycles. The number of rotatable bonds is 4. The average molecular weight is 313 g/mol. The highest BCUT2D eigenvalue weighted by Crippen LogP contribution is 2.29. The van der Waals surface area contributed by atoms with Gasteiger partial charge in [0, 0.05) is 30.8 Å². The number of nitrogens with one attached hydrogen (secondary N) is 1. The fraction of sp³-hybridized carbons (Fsp3) is 0.538. The number of benzene rings is 1. The Labute approximate surface area is 124 Å². The second-order valence-corrected chi connectivity index (χ2v) is 7.22. The number of nitrogens with zero attached hydrogens (tertiary/aromatic N) is 2. The third kappa shape index (κ3) is 2.92. The molecular weight excluding hydrogens is 294 g/mol. The van der Waals surface area contributed by atoms with Gasteiger partial charge in [-0.1, -0.05) is 0 Å². The molecule has 0 saturated carbocycles. The summed E-state index contributed by atoms with van der Waals surface area (Å²) in [5, 5.41) is 14.1. The molecular formula is C13H19N3O4S. The van der Waals surface area contributed by atoms with E-state index in [1.165, 1.54) is 10.4 Å². The zero-order chi connectivity index (χ0) is 15.8. The maximum absolute atomic E-state index is 12.6. The van der Waals surface area contributed by atoms with E-state index in [-0.39, 0.29) is 16.6 Å². The predicted octanol–water partition coefficient (Wildman–Crippen LogP) is 1.19. The third-order valence-corrected chi connectivity index (χ3v) is 5.85. The number of hydrogen-bond acceptors (Lipinski definition) is 5. The highest BCUT2D eigenvalue weighted by Gasteiger charge is 2.33. The van der Waals surface area contributed by atoms with Crippen molar-refractivity contribution in [3.63, 3.8) is 0 Å². The van der Waals surface area contributed by atoms with Gasteiger partial charge in [-0.3, -0.25) is 10.1 Å². The maximum atomic E-state index is 12.6. The van der Waals surface area contributed by atoms with E-state index in [0.29, 0.717) is 24.2 Å².